The van der Waals surface area contributed by atoms with Crippen molar-refractivity contribution in [2.75, 3.05) is 20.1 Å². The molecule has 1 heterocycles. The van der Waals surface area contributed by atoms with Gasteiger partial charge in [0.2, 0.25) is 0 Å². The zero-order chi connectivity index (χ0) is 18.5. The SMILES string of the molecule is CNCc1cccc(C2CCN(C(=P)c3ccccc3B(O)O)CC2)c1. The van der Waals surface area contributed by atoms with Crippen LogP contribution in [0.1, 0.15) is 35.4 Å². The molecule has 4 nitrogen and oxygen atoms in total. The second kappa shape index (κ2) is 8.94. The number of hydrogen-bond acceptors (Lipinski definition) is 3. The minimum atomic E-state index is -1.47. The van der Waals surface area contributed by atoms with E-state index in [0.29, 0.717) is 11.4 Å². The molecule has 1 aliphatic rings. The Hall–Kier alpha value is -1.49. The van der Waals surface area contributed by atoms with E-state index in [1.54, 1.807) is 6.07 Å². The van der Waals surface area contributed by atoms with E-state index in [1.165, 1.54) is 11.1 Å². The fraction of sp³-hybridized carbons (Fsp3) is 0.350. The zero-order valence-corrected chi connectivity index (χ0v) is 16.2. The molecule has 2 aromatic rings. The van der Waals surface area contributed by atoms with E-state index in [1.807, 2.05) is 25.2 Å². The Morgan fingerprint density at radius 2 is 1.88 bits per heavy atom. The van der Waals surface area contributed by atoms with Gasteiger partial charge >= 0.3 is 7.12 Å². The van der Waals surface area contributed by atoms with Crippen molar-refractivity contribution in [2.24, 2.45) is 0 Å². The molecule has 1 fully saturated rings. The molecule has 26 heavy (non-hydrogen) atoms. The summed E-state index contributed by atoms with van der Waals surface area (Å²) in [7, 11) is 4.25. The van der Waals surface area contributed by atoms with Crippen LogP contribution in [0.25, 0.3) is 0 Å². The average Bonchev–Trinajstić information content (AvgIpc) is 2.68. The molecule has 0 atom stereocenters. The van der Waals surface area contributed by atoms with Crippen molar-refractivity contribution in [1.82, 2.24) is 10.2 Å². The molecule has 0 bridgehead atoms. The van der Waals surface area contributed by atoms with Crippen LogP contribution in [0.4, 0.5) is 0 Å². The smallest absolute Gasteiger partial charge is 0.423 e. The van der Waals surface area contributed by atoms with Gasteiger partial charge in [-0.15, -0.1) is 8.86 Å². The molecular formula is C20H26BN2O2P. The highest BCUT2D eigenvalue weighted by atomic mass is 31.0. The molecule has 3 rings (SSSR count). The van der Waals surface area contributed by atoms with Crippen molar-refractivity contribution in [3.05, 3.63) is 65.2 Å². The first kappa shape index (κ1) is 19.3. The maximum atomic E-state index is 9.61. The maximum absolute atomic E-state index is 9.61. The van der Waals surface area contributed by atoms with Gasteiger partial charge in [-0.2, -0.15) is 0 Å². The number of nitrogens with zero attached hydrogens (tertiary/aromatic N) is 1. The molecule has 1 saturated heterocycles. The minimum absolute atomic E-state index is 0.527. The lowest BCUT2D eigenvalue weighted by Crippen LogP contribution is -2.42. The number of hydrogen-bond donors (Lipinski definition) is 3. The summed E-state index contributed by atoms with van der Waals surface area (Å²) in [6.07, 6.45) is 2.17. The topological polar surface area (TPSA) is 55.7 Å². The molecule has 3 N–H and O–H groups in total. The summed E-state index contributed by atoms with van der Waals surface area (Å²) in [6.45, 7) is 2.78. The molecule has 136 valence electrons. The van der Waals surface area contributed by atoms with Crippen molar-refractivity contribution >= 4 is 26.9 Å². The lowest BCUT2D eigenvalue weighted by atomic mass is 9.76. The minimum Gasteiger partial charge on any atom is -0.423 e. The Labute approximate surface area is 158 Å². The van der Waals surface area contributed by atoms with E-state index in [4.69, 9.17) is 0 Å². The van der Waals surface area contributed by atoms with Gasteiger partial charge in [-0.3, -0.25) is 4.90 Å². The van der Waals surface area contributed by atoms with Gasteiger partial charge in [0.1, 0.15) is 0 Å². The molecule has 0 aliphatic carbocycles. The third-order valence-electron chi connectivity index (χ3n) is 5.11. The van der Waals surface area contributed by atoms with Crippen LogP contribution in [0.3, 0.4) is 0 Å². The summed E-state index contributed by atoms with van der Waals surface area (Å²) in [5, 5.41) is 22.4. The van der Waals surface area contributed by atoms with Crippen LogP contribution in [-0.4, -0.2) is 47.6 Å². The van der Waals surface area contributed by atoms with Gasteiger partial charge in [-0.1, -0.05) is 48.5 Å². The molecule has 0 spiro atoms. The second-order valence-electron chi connectivity index (χ2n) is 6.85. The quantitative estimate of drug-likeness (QED) is 0.536. The summed E-state index contributed by atoms with van der Waals surface area (Å²) < 4.78 is 0. The molecule has 1 aliphatic heterocycles. The first-order valence-corrected chi connectivity index (χ1v) is 9.62. The predicted octanol–water partition coefficient (Wildman–Crippen LogP) is 1.59. The van der Waals surface area contributed by atoms with Crippen molar-refractivity contribution in [3.63, 3.8) is 0 Å². The van der Waals surface area contributed by atoms with Crippen LogP contribution < -0.4 is 10.8 Å². The largest absolute Gasteiger partial charge is 0.489 e. The average molecular weight is 368 g/mol. The van der Waals surface area contributed by atoms with Crippen molar-refractivity contribution in [3.8, 4) is 0 Å². The van der Waals surface area contributed by atoms with E-state index in [0.717, 1.165) is 43.5 Å². The van der Waals surface area contributed by atoms with E-state index in [2.05, 4.69) is 43.3 Å². The van der Waals surface area contributed by atoms with Gasteiger partial charge in [0, 0.05) is 25.1 Å². The maximum Gasteiger partial charge on any atom is 0.489 e. The Morgan fingerprint density at radius 1 is 1.15 bits per heavy atom. The van der Waals surface area contributed by atoms with Crippen LogP contribution >= 0.6 is 8.86 Å². The van der Waals surface area contributed by atoms with Crippen molar-refractivity contribution < 1.29 is 10.0 Å². The van der Waals surface area contributed by atoms with E-state index in [-0.39, 0.29) is 0 Å². The number of piperidine rings is 1. The van der Waals surface area contributed by atoms with Gasteiger partial charge in [0.15, 0.2) is 0 Å². The van der Waals surface area contributed by atoms with Crippen LogP contribution in [0.15, 0.2) is 48.5 Å². The molecule has 6 heteroatoms. The third-order valence-corrected chi connectivity index (χ3v) is 5.69. The van der Waals surface area contributed by atoms with Gasteiger partial charge in [0.05, 0.1) is 0 Å². The third kappa shape index (κ3) is 4.43. The molecule has 0 unspecified atom stereocenters. The monoisotopic (exact) mass is 368 g/mol. The standard InChI is InChI=1S/C20H26BN2O2P/c1-22-14-15-5-4-6-17(13-15)16-9-11-23(12-10-16)20(26)18-7-2-3-8-19(18)21(24)25/h2-8,13,16,22,24-26H,9-12,14H2,1H3. The Kier molecular flexibility index (Phi) is 6.63. The highest BCUT2D eigenvalue weighted by molar-refractivity contribution is 7.22. The molecular weight excluding hydrogens is 342 g/mol. The second-order valence-corrected chi connectivity index (χ2v) is 7.32. The van der Waals surface area contributed by atoms with Crippen LogP contribution in [0.2, 0.25) is 0 Å². The summed E-state index contributed by atoms with van der Waals surface area (Å²) in [4.78, 5) is 2.28. The highest BCUT2D eigenvalue weighted by Gasteiger charge is 2.25. The number of likely N-dealkylation sites (tertiary alicyclic amines) is 1. The van der Waals surface area contributed by atoms with Crippen LogP contribution in [0.5, 0.6) is 0 Å². The molecule has 0 saturated carbocycles. The number of nitrogens with one attached hydrogen (secondary N) is 1. The first-order chi connectivity index (χ1) is 12.6. The summed E-state index contributed by atoms with van der Waals surface area (Å²) in [6, 6.07) is 16.3. The van der Waals surface area contributed by atoms with Crippen LogP contribution in [-0.2, 0) is 6.54 Å². The normalized spacial score (nSPS) is 15.8. The van der Waals surface area contributed by atoms with E-state index < -0.39 is 7.12 Å². The van der Waals surface area contributed by atoms with Crippen LogP contribution in [0, 0.1) is 0 Å². The molecule has 0 amide bonds. The molecule has 2 aromatic carbocycles. The molecule has 0 aromatic heterocycles. The van der Waals surface area contributed by atoms with E-state index >= 15 is 0 Å². The fourth-order valence-corrected chi connectivity index (χ4v) is 4.16. The zero-order valence-electron chi connectivity index (χ0n) is 15.2. The Bertz CT molecular complexity index is 761. The molecule has 0 radical (unpaired) electrons. The fourth-order valence-electron chi connectivity index (χ4n) is 3.71. The lowest BCUT2D eigenvalue weighted by Gasteiger charge is -2.33. The lowest BCUT2D eigenvalue weighted by molar-refractivity contribution is 0.317. The first-order valence-electron chi connectivity index (χ1n) is 9.12. The van der Waals surface area contributed by atoms with Gasteiger partial charge < -0.3 is 15.4 Å². The Morgan fingerprint density at radius 3 is 2.58 bits per heavy atom. The van der Waals surface area contributed by atoms with E-state index in [9.17, 15) is 10.0 Å². The van der Waals surface area contributed by atoms with Crippen molar-refractivity contribution in [1.29, 1.82) is 0 Å². The van der Waals surface area contributed by atoms with Gasteiger partial charge in [-0.25, -0.2) is 0 Å². The summed E-state index contributed by atoms with van der Waals surface area (Å²) >= 11 is 0. The highest BCUT2D eigenvalue weighted by Crippen LogP contribution is 2.29. The summed E-state index contributed by atoms with van der Waals surface area (Å²) in [5.74, 6) is 0.571. The van der Waals surface area contributed by atoms with Gasteiger partial charge in [-0.05, 0) is 48.0 Å². The number of benzene rings is 2. The summed E-state index contributed by atoms with van der Waals surface area (Å²) in [5.41, 5.74) is 5.04. The Balaban J connectivity index is 1.67. The van der Waals surface area contributed by atoms with Gasteiger partial charge in [0.25, 0.3) is 0 Å². The number of rotatable bonds is 6. The van der Waals surface area contributed by atoms with Crippen molar-refractivity contribution in [2.45, 2.75) is 25.3 Å². The predicted molar refractivity (Wildman–Crippen MR) is 111 cm³/mol.